The van der Waals surface area contributed by atoms with Crippen molar-refractivity contribution < 1.29 is 0 Å². The molecule has 1 aliphatic heterocycles. The van der Waals surface area contributed by atoms with Crippen LogP contribution in [0.1, 0.15) is 38.5 Å². The highest BCUT2D eigenvalue weighted by Gasteiger charge is 2.34. The van der Waals surface area contributed by atoms with E-state index in [0.29, 0.717) is 0 Å². The first-order chi connectivity index (χ1) is 8.36. The molecular formula is C13H18IN3. The Hall–Kier alpha value is -0.390. The van der Waals surface area contributed by atoms with Gasteiger partial charge in [-0.25, -0.2) is 9.97 Å². The van der Waals surface area contributed by atoms with Crippen LogP contribution in [-0.4, -0.2) is 22.6 Å². The summed E-state index contributed by atoms with van der Waals surface area (Å²) in [6.45, 7) is 1.17. The van der Waals surface area contributed by atoms with Gasteiger partial charge in [0.2, 0.25) is 0 Å². The van der Waals surface area contributed by atoms with E-state index in [9.17, 15) is 0 Å². The Morgan fingerprint density at radius 3 is 2.76 bits per heavy atom. The first-order valence-corrected chi connectivity index (χ1v) is 7.66. The highest BCUT2D eigenvalue weighted by molar-refractivity contribution is 14.1. The maximum absolute atomic E-state index is 4.49. The summed E-state index contributed by atoms with van der Waals surface area (Å²) >= 11 is 2.36. The van der Waals surface area contributed by atoms with Crippen LogP contribution in [0.5, 0.6) is 0 Å². The van der Waals surface area contributed by atoms with E-state index < -0.39 is 0 Å². The van der Waals surface area contributed by atoms with Gasteiger partial charge in [0.15, 0.2) is 0 Å². The fraction of sp³-hybridized carbons (Fsp3) is 0.692. The monoisotopic (exact) mass is 343 g/mol. The van der Waals surface area contributed by atoms with E-state index in [2.05, 4.69) is 37.5 Å². The molecule has 0 bridgehead atoms. The van der Waals surface area contributed by atoms with Gasteiger partial charge in [0.25, 0.3) is 0 Å². The first-order valence-electron chi connectivity index (χ1n) is 6.58. The largest absolute Gasteiger partial charge is 0.352 e. The van der Waals surface area contributed by atoms with Gasteiger partial charge in [0.05, 0.1) is 3.57 Å². The number of nitrogens with zero attached hydrogens (tertiary/aromatic N) is 3. The number of anilines is 1. The first kappa shape index (κ1) is 11.7. The molecule has 1 saturated heterocycles. The van der Waals surface area contributed by atoms with Gasteiger partial charge in [-0.05, 0) is 54.2 Å². The molecule has 1 saturated carbocycles. The van der Waals surface area contributed by atoms with Crippen molar-refractivity contribution in [2.45, 2.75) is 44.6 Å². The quantitative estimate of drug-likeness (QED) is 0.772. The Labute approximate surface area is 116 Å². The third kappa shape index (κ3) is 2.28. The van der Waals surface area contributed by atoms with Crippen molar-refractivity contribution in [1.29, 1.82) is 0 Å². The van der Waals surface area contributed by atoms with Crippen molar-refractivity contribution in [1.82, 2.24) is 9.97 Å². The molecule has 17 heavy (non-hydrogen) atoms. The van der Waals surface area contributed by atoms with E-state index >= 15 is 0 Å². The Kier molecular flexibility index (Phi) is 3.49. The van der Waals surface area contributed by atoms with Crippen LogP contribution in [0.2, 0.25) is 0 Å². The number of hydrogen-bond acceptors (Lipinski definition) is 3. The number of halogens is 1. The molecule has 92 valence electrons. The lowest BCUT2D eigenvalue weighted by molar-refractivity contribution is 0.429. The predicted octanol–water partition coefficient (Wildman–Crippen LogP) is 3.24. The Bertz CT molecular complexity index is 390. The standard InChI is InChI=1S/C13H18IN3/c14-11-8-15-9-16-13(11)17-7-3-6-12(17)10-4-1-2-5-10/h8-10,12H,1-7H2. The molecule has 2 heterocycles. The minimum Gasteiger partial charge on any atom is -0.352 e. The Balaban J connectivity index is 1.84. The molecule has 1 aromatic rings. The van der Waals surface area contributed by atoms with Crippen LogP contribution < -0.4 is 4.90 Å². The zero-order chi connectivity index (χ0) is 11.7. The summed E-state index contributed by atoms with van der Waals surface area (Å²) < 4.78 is 1.19. The Morgan fingerprint density at radius 2 is 2.00 bits per heavy atom. The van der Waals surface area contributed by atoms with E-state index in [-0.39, 0.29) is 0 Å². The molecular weight excluding hydrogens is 325 g/mol. The third-order valence-corrected chi connectivity index (χ3v) is 4.92. The minimum absolute atomic E-state index is 0.737. The molecule has 2 fully saturated rings. The molecule has 1 unspecified atom stereocenters. The minimum atomic E-state index is 0.737. The second-order valence-electron chi connectivity index (χ2n) is 5.14. The van der Waals surface area contributed by atoms with Crippen LogP contribution in [-0.2, 0) is 0 Å². The summed E-state index contributed by atoms with van der Waals surface area (Å²) in [5.41, 5.74) is 0. The average molecular weight is 343 g/mol. The Morgan fingerprint density at radius 1 is 1.18 bits per heavy atom. The van der Waals surface area contributed by atoms with Gasteiger partial charge >= 0.3 is 0 Å². The molecule has 0 spiro atoms. The maximum Gasteiger partial charge on any atom is 0.145 e. The second kappa shape index (κ2) is 5.08. The second-order valence-corrected chi connectivity index (χ2v) is 6.30. The zero-order valence-corrected chi connectivity index (χ0v) is 12.1. The predicted molar refractivity (Wildman–Crippen MR) is 77.1 cm³/mol. The molecule has 0 aromatic carbocycles. The molecule has 0 N–H and O–H groups in total. The van der Waals surface area contributed by atoms with Crippen LogP contribution >= 0.6 is 22.6 Å². The summed E-state index contributed by atoms with van der Waals surface area (Å²) in [5, 5.41) is 0. The summed E-state index contributed by atoms with van der Waals surface area (Å²) in [4.78, 5) is 11.1. The van der Waals surface area contributed by atoms with Gasteiger partial charge in [-0.15, -0.1) is 0 Å². The molecule has 1 aliphatic carbocycles. The maximum atomic E-state index is 4.49. The summed E-state index contributed by atoms with van der Waals surface area (Å²) in [6, 6.07) is 0.737. The van der Waals surface area contributed by atoms with Crippen molar-refractivity contribution in [2.24, 2.45) is 5.92 Å². The summed E-state index contributed by atoms with van der Waals surface area (Å²) in [5.74, 6) is 2.07. The molecule has 3 rings (SSSR count). The molecule has 1 aromatic heterocycles. The zero-order valence-electron chi connectivity index (χ0n) is 9.98. The summed E-state index contributed by atoms with van der Waals surface area (Å²) in [7, 11) is 0. The van der Waals surface area contributed by atoms with Crippen molar-refractivity contribution in [2.75, 3.05) is 11.4 Å². The number of aromatic nitrogens is 2. The molecule has 2 aliphatic rings. The van der Waals surface area contributed by atoms with Gasteiger partial charge in [-0.3, -0.25) is 0 Å². The van der Waals surface area contributed by atoms with E-state index in [1.807, 2.05) is 6.20 Å². The fourth-order valence-corrected chi connectivity index (χ4v) is 4.02. The van der Waals surface area contributed by atoms with Gasteiger partial charge in [-0.2, -0.15) is 0 Å². The van der Waals surface area contributed by atoms with Crippen molar-refractivity contribution in [3.63, 3.8) is 0 Å². The number of rotatable bonds is 2. The van der Waals surface area contributed by atoms with Crippen LogP contribution in [0.4, 0.5) is 5.82 Å². The van der Waals surface area contributed by atoms with E-state index in [4.69, 9.17) is 0 Å². The van der Waals surface area contributed by atoms with Crippen LogP contribution in [0.3, 0.4) is 0 Å². The van der Waals surface area contributed by atoms with Gasteiger partial charge in [0.1, 0.15) is 12.1 Å². The van der Waals surface area contributed by atoms with E-state index in [0.717, 1.165) is 17.8 Å². The van der Waals surface area contributed by atoms with Crippen molar-refractivity contribution in [3.05, 3.63) is 16.1 Å². The lowest BCUT2D eigenvalue weighted by atomic mass is 9.96. The van der Waals surface area contributed by atoms with E-state index in [1.165, 1.54) is 48.6 Å². The van der Waals surface area contributed by atoms with E-state index in [1.54, 1.807) is 6.33 Å². The third-order valence-electron chi connectivity index (χ3n) is 4.16. The molecule has 1 atom stereocenters. The van der Waals surface area contributed by atoms with Gasteiger partial charge < -0.3 is 4.90 Å². The SMILES string of the molecule is Ic1cncnc1N1CCCC1C1CCCC1. The van der Waals surface area contributed by atoms with Gasteiger partial charge in [-0.1, -0.05) is 12.8 Å². The fourth-order valence-electron chi connectivity index (χ4n) is 3.41. The highest BCUT2D eigenvalue weighted by atomic mass is 127. The smallest absolute Gasteiger partial charge is 0.145 e. The normalized spacial score (nSPS) is 25.7. The molecule has 0 radical (unpaired) electrons. The average Bonchev–Trinajstić information content (AvgIpc) is 3.00. The van der Waals surface area contributed by atoms with Crippen molar-refractivity contribution >= 4 is 28.4 Å². The van der Waals surface area contributed by atoms with Crippen molar-refractivity contribution in [3.8, 4) is 0 Å². The lowest BCUT2D eigenvalue weighted by Gasteiger charge is -2.30. The van der Waals surface area contributed by atoms with Crippen LogP contribution in [0, 0.1) is 9.49 Å². The molecule has 4 heteroatoms. The van der Waals surface area contributed by atoms with Crippen LogP contribution in [0.25, 0.3) is 0 Å². The highest BCUT2D eigenvalue weighted by Crippen LogP contribution is 2.37. The lowest BCUT2D eigenvalue weighted by Crippen LogP contribution is -2.35. The molecule has 3 nitrogen and oxygen atoms in total. The van der Waals surface area contributed by atoms with Gasteiger partial charge in [0, 0.05) is 18.8 Å². The summed E-state index contributed by atoms with van der Waals surface area (Å²) in [6.07, 6.45) is 12.0. The van der Waals surface area contributed by atoms with Crippen LogP contribution in [0.15, 0.2) is 12.5 Å². The molecule has 0 amide bonds. The number of hydrogen-bond donors (Lipinski definition) is 0. The topological polar surface area (TPSA) is 29.0 Å².